The van der Waals surface area contributed by atoms with Gasteiger partial charge in [0, 0.05) is 19.4 Å². The predicted octanol–water partition coefficient (Wildman–Crippen LogP) is 22.1. The lowest BCUT2D eigenvalue weighted by Gasteiger charge is -2.18. The molecule has 0 aromatic rings. The van der Waals surface area contributed by atoms with Crippen molar-refractivity contribution in [2.24, 2.45) is 0 Å². The van der Waals surface area contributed by atoms with Crippen LogP contribution in [-0.2, 0) is 23.8 Å². The summed E-state index contributed by atoms with van der Waals surface area (Å²) in [4.78, 5) is 25.6. The standard InChI is InChI=1S/C69H120O5/c1-4-7-10-13-16-19-22-25-28-31-34-37-40-43-46-49-52-55-58-61-64-72-65-67(74-69(71)63-60-57-54-51-48-45-42-39-36-33-30-27-24-21-18-15-12-9-6-3)66-73-68(70)62-59-56-53-50-47-44-41-38-35-32-29-26-23-20-17-14-11-8-5-2/h8,11,16-17,19-20,25-26,28-29,35,38,44,47,53,56,67H,4-7,9-10,12-15,18,21-24,27,30-34,36-37,39-43,45-46,48-52,54-55,57-66H2,1-3H3/b11-8-,19-16-,20-17-,28-25-,29-26-,38-35-,47-44-,56-53-. The van der Waals surface area contributed by atoms with E-state index < -0.39 is 6.10 Å². The van der Waals surface area contributed by atoms with Crippen LogP contribution in [0.1, 0.15) is 303 Å². The summed E-state index contributed by atoms with van der Waals surface area (Å²) in [5.74, 6) is -0.485. The smallest absolute Gasteiger partial charge is 0.306 e. The summed E-state index contributed by atoms with van der Waals surface area (Å²) in [5.41, 5.74) is 0. The zero-order chi connectivity index (χ0) is 53.4. The molecule has 0 radical (unpaired) electrons. The Kier molecular flexibility index (Phi) is 61.4. The Balaban J connectivity index is 4.37. The minimum Gasteiger partial charge on any atom is -0.462 e. The van der Waals surface area contributed by atoms with Gasteiger partial charge in [0.1, 0.15) is 6.61 Å². The second kappa shape index (κ2) is 64.1. The molecule has 0 heterocycles. The fourth-order valence-electron chi connectivity index (χ4n) is 8.92. The largest absolute Gasteiger partial charge is 0.462 e. The number of ether oxygens (including phenoxy) is 3. The van der Waals surface area contributed by atoms with Gasteiger partial charge in [0.05, 0.1) is 6.61 Å². The fraction of sp³-hybridized carbons (Fsp3) is 0.739. The van der Waals surface area contributed by atoms with E-state index in [0.29, 0.717) is 25.9 Å². The average Bonchev–Trinajstić information content (AvgIpc) is 3.40. The minimum absolute atomic E-state index is 0.0427. The fourth-order valence-corrected chi connectivity index (χ4v) is 8.92. The molecule has 0 aromatic heterocycles. The van der Waals surface area contributed by atoms with Gasteiger partial charge in [-0.25, -0.2) is 0 Å². The quantitative estimate of drug-likeness (QED) is 0.0345. The highest BCUT2D eigenvalue weighted by Gasteiger charge is 2.17. The first kappa shape index (κ1) is 70.8. The van der Waals surface area contributed by atoms with Crippen molar-refractivity contribution in [3.05, 3.63) is 97.2 Å². The second-order valence-corrected chi connectivity index (χ2v) is 20.9. The summed E-state index contributed by atoms with van der Waals surface area (Å²) < 4.78 is 17.5. The number of hydrogen-bond acceptors (Lipinski definition) is 5. The van der Waals surface area contributed by atoms with E-state index in [1.165, 1.54) is 193 Å². The van der Waals surface area contributed by atoms with E-state index in [1.54, 1.807) is 0 Å². The maximum atomic E-state index is 12.9. The Hall–Kier alpha value is -3.18. The molecule has 0 saturated carbocycles. The molecule has 0 saturated heterocycles. The molecule has 0 aliphatic carbocycles. The van der Waals surface area contributed by atoms with E-state index in [9.17, 15) is 9.59 Å². The zero-order valence-electron chi connectivity index (χ0n) is 49.1. The number of rotatable bonds is 58. The van der Waals surface area contributed by atoms with Crippen LogP contribution in [-0.4, -0.2) is 37.9 Å². The topological polar surface area (TPSA) is 61.8 Å². The first-order valence-corrected chi connectivity index (χ1v) is 31.8. The van der Waals surface area contributed by atoms with Crippen molar-refractivity contribution in [3.63, 3.8) is 0 Å². The summed E-state index contributed by atoms with van der Waals surface area (Å²) >= 11 is 0. The van der Waals surface area contributed by atoms with Gasteiger partial charge in [-0.3, -0.25) is 9.59 Å². The molecule has 0 rings (SSSR count). The van der Waals surface area contributed by atoms with Crippen molar-refractivity contribution < 1.29 is 23.8 Å². The number of carbonyl (C=O) groups is 2. The lowest BCUT2D eigenvalue weighted by Crippen LogP contribution is -2.30. The minimum atomic E-state index is -0.573. The van der Waals surface area contributed by atoms with Crippen LogP contribution >= 0.6 is 0 Å². The molecule has 426 valence electrons. The molecule has 5 heteroatoms. The normalized spacial score (nSPS) is 12.9. The number of esters is 2. The van der Waals surface area contributed by atoms with Crippen molar-refractivity contribution in [1.82, 2.24) is 0 Å². The molecule has 0 spiro atoms. The van der Waals surface area contributed by atoms with Crippen LogP contribution in [0.3, 0.4) is 0 Å². The first-order chi connectivity index (χ1) is 36.6. The highest BCUT2D eigenvalue weighted by atomic mass is 16.6. The summed E-state index contributed by atoms with van der Waals surface area (Å²) in [6.07, 6.45) is 87.4. The highest BCUT2D eigenvalue weighted by molar-refractivity contribution is 5.70. The molecule has 5 nitrogen and oxygen atoms in total. The highest BCUT2D eigenvalue weighted by Crippen LogP contribution is 2.16. The lowest BCUT2D eigenvalue weighted by molar-refractivity contribution is -0.162. The van der Waals surface area contributed by atoms with E-state index in [2.05, 4.69) is 112 Å². The molecule has 0 aliphatic rings. The van der Waals surface area contributed by atoms with E-state index in [1.807, 2.05) is 6.08 Å². The third-order valence-corrected chi connectivity index (χ3v) is 13.6. The average molecular weight is 1030 g/mol. The lowest BCUT2D eigenvalue weighted by atomic mass is 10.0. The number of carbonyl (C=O) groups excluding carboxylic acids is 2. The SMILES string of the molecule is CC/C=C\C/C=C\C/C=C\C/C=C\C/C=C\C/C=C\CCC(=O)OCC(COCCCCCCCCCCCC/C=C\C/C=C\CCCCC)OC(=O)CCCCCCCCCCCCCCCCCCCCC. The molecule has 0 bridgehead atoms. The summed E-state index contributed by atoms with van der Waals surface area (Å²) in [5, 5.41) is 0. The number of hydrogen-bond donors (Lipinski definition) is 0. The van der Waals surface area contributed by atoms with Gasteiger partial charge >= 0.3 is 11.9 Å². The van der Waals surface area contributed by atoms with Crippen LogP contribution in [0.15, 0.2) is 97.2 Å². The summed E-state index contributed by atoms with van der Waals surface area (Å²) in [7, 11) is 0. The van der Waals surface area contributed by atoms with E-state index in [4.69, 9.17) is 14.2 Å². The van der Waals surface area contributed by atoms with E-state index in [0.717, 1.165) is 70.6 Å². The predicted molar refractivity (Wildman–Crippen MR) is 325 cm³/mol. The van der Waals surface area contributed by atoms with Crippen molar-refractivity contribution >= 4 is 11.9 Å². The van der Waals surface area contributed by atoms with Crippen LogP contribution in [0.4, 0.5) is 0 Å². The van der Waals surface area contributed by atoms with Crippen LogP contribution in [0.5, 0.6) is 0 Å². The van der Waals surface area contributed by atoms with Gasteiger partial charge in [-0.1, -0.05) is 298 Å². The maximum Gasteiger partial charge on any atom is 0.306 e. The zero-order valence-corrected chi connectivity index (χ0v) is 49.1. The molecule has 74 heavy (non-hydrogen) atoms. The van der Waals surface area contributed by atoms with Gasteiger partial charge < -0.3 is 14.2 Å². The molecule has 0 aromatic carbocycles. The summed E-state index contributed by atoms with van der Waals surface area (Å²) in [6, 6.07) is 0. The Morgan fingerprint density at radius 1 is 0.311 bits per heavy atom. The van der Waals surface area contributed by atoms with E-state index in [-0.39, 0.29) is 25.2 Å². The molecular weight excluding hydrogens is 909 g/mol. The van der Waals surface area contributed by atoms with Gasteiger partial charge in [-0.05, 0) is 89.9 Å². The van der Waals surface area contributed by atoms with Crippen molar-refractivity contribution in [2.45, 2.75) is 309 Å². The molecule has 1 atom stereocenters. The Morgan fingerprint density at radius 3 is 1.05 bits per heavy atom. The molecule has 0 aliphatic heterocycles. The second-order valence-electron chi connectivity index (χ2n) is 20.9. The molecule has 0 amide bonds. The molecule has 0 N–H and O–H groups in total. The molecule has 0 fully saturated rings. The van der Waals surface area contributed by atoms with Crippen molar-refractivity contribution in [1.29, 1.82) is 0 Å². The summed E-state index contributed by atoms with van der Waals surface area (Å²) in [6.45, 7) is 7.65. The maximum absolute atomic E-state index is 12.9. The Labute approximate surface area is 460 Å². The Bertz CT molecular complexity index is 1400. The molecular formula is C69H120O5. The first-order valence-electron chi connectivity index (χ1n) is 31.8. The third-order valence-electron chi connectivity index (χ3n) is 13.6. The van der Waals surface area contributed by atoms with Crippen LogP contribution in [0.25, 0.3) is 0 Å². The van der Waals surface area contributed by atoms with Gasteiger partial charge in [-0.2, -0.15) is 0 Å². The van der Waals surface area contributed by atoms with Gasteiger partial charge in [-0.15, -0.1) is 0 Å². The van der Waals surface area contributed by atoms with Crippen LogP contribution in [0.2, 0.25) is 0 Å². The van der Waals surface area contributed by atoms with Gasteiger partial charge in [0.15, 0.2) is 6.10 Å². The van der Waals surface area contributed by atoms with Crippen LogP contribution < -0.4 is 0 Å². The molecule has 1 unspecified atom stereocenters. The monoisotopic (exact) mass is 1030 g/mol. The Morgan fingerprint density at radius 2 is 0.635 bits per heavy atom. The third kappa shape index (κ3) is 61.4. The number of allylic oxidation sites excluding steroid dienone is 16. The van der Waals surface area contributed by atoms with Crippen LogP contribution in [0, 0.1) is 0 Å². The van der Waals surface area contributed by atoms with E-state index >= 15 is 0 Å². The van der Waals surface area contributed by atoms with Gasteiger partial charge in [0.2, 0.25) is 0 Å². The van der Waals surface area contributed by atoms with Crippen molar-refractivity contribution in [2.75, 3.05) is 19.8 Å². The van der Waals surface area contributed by atoms with Crippen molar-refractivity contribution in [3.8, 4) is 0 Å². The number of unbranched alkanes of at least 4 members (excludes halogenated alkanes) is 31. The van der Waals surface area contributed by atoms with Gasteiger partial charge in [0.25, 0.3) is 0 Å².